The molecule has 0 spiro atoms. The smallest absolute Gasteiger partial charge is 0.223 e. The van der Waals surface area contributed by atoms with Gasteiger partial charge in [0.2, 0.25) is 5.95 Å². The molecule has 2 rings (SSSR count). The fourth-order valence-electron chi connectivity index (χ4n) is 1.55. The van der Waals surface area contributed by atoms with Gasteiger partial charge in [-0.15, -0.1) is 0 Å². The standard InChI is InChI=1S/C12H15N5O/c1-18-9-4-2-3-8(5-9)7-15-11-6-10(13)16-12(14)17-11/h2-6H,7H2,1H3,(H5,13,14,15,16,17). The Morgan fingerprint density at radius 3 is 2.78 bits per heavy atom. The minimum atomic E-state index is 0.156. The first kappa shape index (κ1) is 12.0. The van der Waals surface area contributed by atoms with Gasteiger partial charge in [0.1, 0.15) is 17.4 Å². The Morgan fingerprint density at radius 2 is 2.06 bits per heavy atom. The second kappa shape index (κ2) is 5.22. The summed E-state index contributed by atoms with van der Waals surface area (Å²) in [4.78, 5) is 7.84. The third-order valence-electron chi connectivity index (χ3n) is 2.37. The molecule has 94 valence electrons. The van der Waals surface area contributed by atoms with E-state index in [1.54, 1.807) is 13.2 Å². The number of ether oxygens (including phenoxy) is 1. The van der Waals surface area contributed by atoms with Gasteiger partial charge in [0.25, 0.3) is 0 Å². The molecule has 1 aromatic carbocycles. The minimum absolute atomic E-state index is 0.156. The molecule has 0 amide bonds. The van der Waals surface area contributed by atoms with E-state index in [0.717, 1.165) is 11.3 Å². The highest BCUT2D eigenvalue weighted by Crippen LogP contribution is 2.15. The number of hydrogen-bond donors (Lipinski definition) is 3. The zero-order chi connectivity index (χ0) is 13.0. The summed E-state index contributed by atoms with van der Waals surface area (Å²) in [5.41, 5.74) is 12.2. The van der Waals surface area contributed by atoms with Crippen molar-refractivity contribution in [3.63, 3.8) is 0 Å². The summed E-state index contributed by atoms with van der Waals surface area (Å²) >= 11 is 0. The average molecular weight is 245 g/mol. The first-order chi connectivity index (χ1) is 8.67. The lowest BCUT2D eigenvalue weighted by Gasteiger charge is -2.08. The fourth-order valence-corrected chi connectivity index (χ4v) is 1.55. The summed E-state index contributed by atoms with van der Waals surface area (Å²) in [5, 5.41) is 3.13. The number of nitrogen functional groups attached to an aromatic ring is 2. The second-order valence-corrected chi connectivity index (χ2v) is 3.74. The van der Waals surface area contributed by atoms with E-state index in [9.17, 15) is 0 Å². The van der Waals surface area contributed by atoms with Crippen molar-refractivity contribution in [1.82, 2.24) is 9.97 Å². The topological polar surface area (TPSA) is 99.1 Å². The average Bonchev–Trinajstić information content (AvgIpc) is 2.35. The molecule has 6 nitrogen and oxygen atoms in total. The van der Waals surface area contributed by atoms with Gasteiger partial charge in [0.15, 0.2) is 0 Å². The zero-order valence-corrected chi connectivity index (χ0v) is 10.1. The van der Waals surface area contributed by atoms with Crippen LogP contribution in [-0.4, -0.2) is 17.1 Å². The molecule has 5 N–H and O–H groups in total. The number of hydrogen-bond acceptors (Lipinski definition) is 6. The molecular formula is C12H15N5O. The van der Waals surface area contributed by atoms with E-state index in [-0.39, 0.29) is 5.95 Å². The van der Waals surface area contributed by atoms with Crippen LogP contribution in [0.25, 0.3) is 0 Å². The molecule has 6 heteroatoms. The molecule has 2 aromatic rings. The van der Waals surface area contributed by atoms with Crippen molar-refractivity contribution in [2.75, 3.05) is 23.9 Å². The van der Waals surface area contributed by atoms with E-state index in [2.05, 4.69) is 15.3 Å². The Hall–Kier alpha value is -2.50. The van der Waals surface area contributed by atoms with Crippen molar-refractivity contribution < 1.29 is 4.74 Å². The van der Waals surface area contributed by atoms with Crippen molar-refractivity contribution in [3.05, 3.63) is 35.9 Å². The van der Waals surface area contributed by atoms with Crippen LogP contribution in [0.1, 0.15) is 5.56 Å². The van der Waals surface area contributed by atoms with Crippen molar-refractivity contribution in [2.45, 2.75) is 6.54 Å². The van der Waals surface area contributed by atoms with Crippen molar-refractivity contribution >= 4 is 17.6 Å². The molecule has 1 aromatic heterocycles. The molecular weight excluding hydrogens is 230 g/mol. The van der Waals surface area contributed by atoms with E-state index in [0.29, 0.717) is 18.2 Å². The van der Waals surface area contributed by atoms with Crippen LogP contribution in [0.15, 0.2) is 30.3 Å². The van der Waals surface area contributed by atoms with Crippen LogP contribution in [-0.2, 0) is 6.54 Å². The van der Waals surface area contributed by atoms with Gasteiger partial charge in [-0.1, -0.05) is 12.1 Å². The van der Waals surface area contributed by atoms with Crippen molar-refractivity contribution in [2.24, 2.45) is 0 Å². The van der Waals surface area contributed by atoms with Gasteiger partial charge in [-0.25, -0.2) is 0 Å². The molecule has 1 heterocycles. The minimum Gasteiger partial charge on any atom is -0.497 e. The van der Waals surface area contributed by atoms with Crippen LogP contribution >= 0.6 is 0 Å². The van der Waals surface area contributed by atoms with Gasteiger partial charge in [0, 0.05) is 12.6 Å². The van der Waals surface area contributed by atoms with Crippen LogP contribution in [0.3, 0.4) is 0 Å². The maximum absolute atomic E-state index is 5.58. The molecule has 0 radical (unpaired) electrons. The van der Waals surface area contributed by atoms with Crippen LogP contribution in [0.4, 0.5) is 17.6 Å². The van der Waals surface area contributed by atoms with Gasteiger partial charge in [0.05, 0.1) is 7.11 Å². The number of aromatic nitrogens is 2. The Balaban J connectivity index is 2.06. The zero-order valence-electron chi connectivity index (χ0n) is 10.1. The third kappa shape index (κ3) is 3.00. The molecule has 0 atom stereocenters. The van der Waals surface area contributed by atoms with E-state index in [1.165, 1.54) is 0 Å². The Kier molecular flexibility index (Phi) is 3.47. The maximum atomic E-state index is 5.58. The number of nitrogens with two attached hydrogens (primary N) is 2. The number of anilines is 3. The summed E-state index contributed by atoms with van der Waals surface area (Å²) < 4.78 is 5.15. The third-order valence-corrected chi connectivity index (χ3v) is 2.37. The molecule has 0 saturated heterocycles. The summed E-state index contributed by atoms with van der Waals surface area (Å²) in [6, 6.07) is 9.39. The number of methoxy groups -OCH3 is 1. The van der Waals surface area contributed by atoms with E-state index >= 15 is 0 Å². The van der Waals surface area contributed by atoms with E-state index in [1.807, 2.05) is 24.3 Å². The highest BCUT2D eigenvalue weighted by atomic mass is 16.5. The monoisotopic (exact) mass is 245 g/mol. The number of nitrogens with zero attached hydrogens (tertiary/aromatic N) is 2. The van der Waals surface area contributed by atoms with Crippen LogP contribution in [0, 0.1) is 0 Å². The van der Waals surface area contributed by atoms with Crippen molar-refractivity contribution in [3.8, 4) is 5.75 Å². The maximum Gasteiger partial charge on any atom is 0.223 e. The lowest BCUT2D eigenvalue weighted by Crippen LogP contribution is -2.06. The Morgan fingerprint density at radius 1 is 1.22 bits per heavy atom. The molecule has 0 unspecified atom stereocenters. The van der Waals surface area contributed by atoms with Gasteiger partial charge in [-0.2, -0.15) is 9.97 Å². The Bertz CT molecular complexity index is 523. The van der Waals surface area contributed by atoms with Crippen molar-refractivity contribution in [1.29, 1.82) is 0 Å². The summed E-state index contributed by atoms with van der Waals surface area (Å²) in [6.45, 7) is 0.604. The number of rotatable bonds is 4. The van der Waals surface area contributed by atoms with Crippen LogP contribution < -0.4 is 21.5 Å². The summed E-state index contributed by atoms with van der Waals surface area (Å²) in [6.07, 6.45) is 0. The van der Waals surface area contributed by atoms with E-state index in [4.69, 9.17) is 16.2 Å². The fraction of sp³-hybridized carbons (Fsp3) is 0.167. The summed E-state index contributed by atoms with van der Waals surface area (Å²) in [5.74, 6) is 1.91. The molecule has 0 aliphatic heterocycles. The van der Waals surface area contributed by atoms with Gasteiger partial charge < -0.3 is 21.5 Å². The van der Waals surface area contributed by atoms with Gasteiger partial charge in [-0.05, 0) is 17.7 Å². The van der Waals surface area contributed by atoms with Crippen LogP contribution in [0.2, 0.25) is 0 Å². The first-order valence-corrected chi connectivity index (χ1v) is 5.44. The number of benzene rings is 1. The molecule has 0 bridgehead atoms. The molecule has 0 aliphatic carbocycles. The lowest BCUT2D eigenvalue weighted by molar-refractivity contribution is 0.414. The Labute approximate surface area is 105 Å². The van der Waals surface area contributed by atoms with Gasteiger partial charge in [-0.3, -0.25) is 0 Å². The first-order valence-electron chi connectivity index (χ1n) is 5.44. The number of nitrogens with one attached hydrogen (secondary N) is 1. The van der Waals surface area contributed by atoms with E-state index < -0.39 is 0 Å². The largest absolute Gasteiger partial charge is 0.497 e. The molecule has 0 aliphatic rings. The SMILES string of the molecule is COc1cccc(CNc2cc(N)nc(N)n2)c1. The lowest BCUT2D eigenvalue weighted by atomic mass is 10.2. The predicted octanol–water partition coefficient (Wildman–Crippen LogP) is 1.26. The quantitative estimate of drug-likeness (QED) is 0.750. The molecule has 0 saturated carbocycles. The normalized spacial score (nSPS) is 10.1. The van der Waals surface area contributed by atoms with Crippen LogP contribution in [0.5, 0.6) is 5.75 Å². The highest BCUT2D eigenvalue weighted by Gasteiger charge is 2.00. The predicted molar refractivity (Wildman–Crippen MR) is 71.2 cm³/mol. The highest BCUT2D eigenvalue weighted by molar-refractivity contribution is 5.48. The van der Waals surface area contributed by atoms with Gasteiger partial charge >= 0.3 is 0 Å². The molecule has 0 fully saturated rings. The summed E-state index contributed by atoms with van der Waals surface area (Å²) in [7, 11) is 1.64. The second-order valence-electron chi connectivity index (χ2n) is 3.74. The molecule has 18 heavy (non-hydrogen) atoms.